The molecule has 0 unspecified atom stereocenters. The monoisotopic (exact) mass is 276 g/mol. The van der Waals surface area contributed by atoms with Gasteiger partial charge in [0.05, 0.1) is 0 Å². The molecule has 0 atom stereocenters. The van der Waals surface area contributed by atoms with Crippen LogP contribution in [0.5, 0.6) is 0 Å². The number of hydrogen-bond donors (Lipinski definition) is 0. The molecular formula is C11H24O4Si2. The third-order valence-corrected chi connectivity index (χ3v) is 3.42. The third kappa shape index (κ3) is 7.33. The molecule has 0 spiro atoms. The zero-order valence-electron chi connectivity index (χ0n) is 11.9. The van der Waals surface area contributed by atoms with E-state index in [0.29, 0.717) is 6.42 Å². The summed E-state index contributed by atoms with van der Waals surface area (Å²) in [5.41, 5.74) is 0. The van der Waals surface area contributed by atoms with Crippen LogP contribution in [0, 0.1) is 5.92 Å². The maximum atomic E-state index is 11.8. The van der Waals surface area contributed by atoms with Crippen molar-refractivity contribution in [2.45, 2.75) is 52.6 Å². The van der Waals surface area contributed by atoms with E-state index >= 15 is 0 Å². The Labute approximate surface area is 106 Å². The van der Waals surface area contributed by atoms with Crippen LogP contribution in [0.1, 0.15) is 13.3 Å². The summed E-state index contributed by atoms with van der Waals surface area (Å²) >= 11 is 0. The fourth-order valence-corrected chi connectivity index (χ4v) is 2.67. The quantitative estimate of drug-likeness (QED) is 0.572. The summed E-state index contributed by atoms with van der Waals surface area (Å²) in [5.74, 6) is -1.64. The molecule has 0 bridgehead atoms. The molecule has 0 N–H and O–H groups in total. The molecule has 0 saturated carbocycles. The van der Waals surface area contributed by atoms with Gasteiger partial charge in [-0.3, -0.25) is 9.59 Å². The highest BCUT2D eigenvalue weighted by atomic mass is 28.4. The summed E-state index contributed by atoms with van der Waals surface area (Å²) in [7, 11) is -3.90. The van der Waals surface area contributed by atoms with Crippen LogP contribution in [0.4, 0.5) is 0 Å². The van der Waals surface area contributed by atoms with Crippen molar-refractivity contribution in [3.63, 3.8) is 0 Å². The van der Waals surface area contributed by atoms with Crippen LogP contribution in [-0.2, 0) is 18.4 Å². The Morgan fingerprint density at radius 1 is 0.882 bits per heavy atom. The first-order valence-electron chi connectivity index (χ1n) is 5.92. The molecule has 0 aromatic carbocycles. The average Bonchev–Trinajstić information content (AvgIpc) is 1.96. The highest BCUT2D eigenvalue weighted by molar-refractivity contribution is 6.72. The van der Waals surface area contributed by atoms with Gasteiger partial charge in [-0.25, -0.2) is 0 Å². The van der Waals surface area contributed by atoms with Crippen molar-refractivity contribution in [1.29, 1.82) is 0 Å². The second-order valence-corrected chi connectivity index (χ2v) is 14.9. The van der Waals surface area contributed by atoms with Gasteiger partial charge in [0.25, 0.3) is 0 Å². The van der Waals surface area contributed by atoms with Crippen LogP contribution >= 0.6 is 0 Å². The molecule has 0 aliphatic heterocycles. The first kappa shape index (κ1) is 16.4. The van der Waals surface area contributed by atoms with Crippen LogP contribution in [0.3, 0.4) is 0 Å². The van der Waals surface area contributed by atoms with E-state index in [9.17, 15) is 9.59 Å². The highest BCUT2D eigenvalue weighted by Crippen LogP contribution is 2.15. The Kier molecular flexibility index (Phi) is 5.60. The molecule has 0 saturated heterocycles. The summed E-state index contributed by atoms with van der Waals surface area (Å²) in [4.78, 5) is 23.7. The summed E-state index contributed by atoms with van der Waals surface area (Å²) in [6.07, 6.45) is 0.423. The van der Waals surface area contributed by atoms with Crippen molar-refractivity contribution in [1.82, 2.24) is 0 Å². The van der Waals surface area contributed by atoms with Gasteiger partial charge in [-0.15, -0.1) is 0 Å². The maximum absolute atomic E-state index is 11.8. The minimum Gasteiger partial charge on any atom is -0.519 e. The minimum atomic E-state index is -1.95. The van der Waals surface area contributed by atoms with Crippen LogP contribution in [0.25, 0.3) is 0 Å². The van der Waals surface area contributed by atoms with Crippen molar-refractivity contribution in [3.8, 4) is 0 Å². The number of carbonyl (C=O) groups excluding carboxylic acids is 2. The first-order valence-corrected chi connectivity index (χ1v) is 12.7. The molecule has 0 aromatic rings. The van der Waals surface area contributed by atoms with Gasteiger partial charge in [0, 0.05) is 0 Å². The lowest BCUT2D eigenvalue weighted by Gasteiger charge is -2.24. The molecule has 0 amide bonds. The van der Waals surface area contributed by atoms with E-state index in [2.05, 4.69) is 0 Å². The van der Waals surface area contributed by atoms with Crippen LogP contribution < -0.4 is 0 Å². The predicted molar refractivity (Wildman–Crippen MR) is 72.7 cm³/mol. The van der Waals surface area contributed by atoms with Crippen molar-refractivity contribution in [2.75, 3.05) is 0 Å². The van der Waals surface area contributed by atoms with Crippen molar-refractivity contribution < 1.29 is 18.4 Å². The second kappa shape index (κ2) is 5.81. The molecule has 4 nitrogen and oxygen atoms in total. The van der Waals surface area contributed by atoms with Crippen LogP contribution in [-0.4, -0.2) is 28.6 Å². The summed E-state index contributed by atoms with van der Waals surface area (Å²) < 4.78 is 10.7. The van der Waals surface area contributed by atoms with E-state index < -0.39 is 34.5 Å². The predicted octanol–water partition coefficient (Wildman–Crippen LogP) is 2.77. The first-order chi connectivity index (χ1) is 7.46. The van der Waals surface area contributed by atoms with E-state index in [1.54, 1.807) is 6.92 Å². The van der Waals surface area contributed by atoms with Crippen molar-refractivity contribution in [3.05, 3.63) is 0 Å². The lowest BCUT2D eigenvalue weighted by Crippen LogP contribution is -2.39. The Morgan fingerprint density at radius 3 is 1.35 bits per heavy atom. The van der Waals surface area contributed by atoms with Crippen molar-refractivity contribution in [2.24, 2.45) is 5.92 Å². The fraction of sp³-hybridized carbons (Fsp3) is 0.818. The van der Waals surface area contributed by atoms with E-state index in [1.807, 2.05) is 39.3 Å². The normalized spacial score (nSPS) is 12.5. The molecule has 6 heteroatoms. The lowest BCUT2D eigenvalue weighted by molar-refractivity contribution is -0.152. The lowest BCUT2D eigenvalue weighted by atomic mass is 10.1. The zero-order valence-corrected chi connectivity index (χ0v) is 13.9. The molecule has 0 rings (SSSR count). The van der Waals surface area contributed by atoms with Gasteiger partial charge in [0.1, 0.15) is 0 Å². The minimum absolute atomic E-state index is 0.423. The van der Waals surface area contributed by atoms with Crippen LogP contribution in [0.15, 0.2) is 0 Å². The molecule has 0 radical (unpaired) electrons. The molecule has 0 heterocycles. The average molecular weight is 276 g/mol. The number of hydrogen-bond acceptors (Lipinski definition) is 4. The Hall–Kier alpha value is -0.626. The summed E-state index contributed by atoms with van der Waals surface area (Å²) in [6.45, 7) is 13.3. The molecule has 0 aliphatic rings. The van der Waals surface area contributed by atoms with Gasteiger partial charge >= 0.3 is 11.9 Å². The standard InChI is InChI=1S/C11H24O4Si2/c1-8-9(10(12)14-16(2,3)4)11(13)15-17(5,6)7/h9H,8H2,1-7H3. The van der Waals surface area contributed by atoms with Gasteiger partial charge in [-0.05, 0) is 45.7 Å². The largest absolute Gasteiger partial charge is 0.519 e. The van der Waals surface area contributed by atoms with E-state index in [1.165, 1.54) is 0 Å². The SMILES string of the molecule is CCC(C(=O)O[Si](C)(C)C)C(=O)O[Si](C)(C)C. The van der Waals surface area contributed by atoms with Gasteiger partial charge in [-0.2, -0.15) is 0 Å². The molecule has 0 aromatic heterocycles. The van der Waals surface area contributed by atoms with Gasteiger partial charge in [0.15, 0.2) is 5.92 Å². The second-order valence-electron chi connectivity index (χ2n) is 6.03. The Morgan fingerprint density at radius 2 is 1.18 bits per heavy atom. The Bertz CT molecular complexity index is 261. The van der Waals surface area contributed by atoms with Gasteiger partial charge in [0.2, 0.25) is 16.6 Å². The number of rotatable bonds is 5. The molecule has 0 fully saturated rings. The number of carbonyl (C=O) groups is 2. The molecular weight excluding hydrogens is 252 g/mol. The van der Waals surface area contributed by atoms with Gasteiger partial charge < -0.3 is 8.85 Å². The highest BCUT2D eigenvalue weighted by Gasteiger charge is 2.34. The Balaban J connectivity index is 4.62. The molecule has 0 aliphatic carbocycles. The fourth-order valence-electron chi connectivity index (χ4n) is 1.18. The third-order valence-electron chi connectivity index (χ3n) is 1.79. The van der Waals surface area contributed by atoms with Crippen molar-refractivity contribution >= 4 is 28.6 Å². The van der Waals surface area contributed by atoms with E-state index in [0.717, 1.165) is 0 Å². The van der Waals surface area contributed by atoms with Crippen LogP contribution in [0.2, 0.25) is 39.3 Å². The molecule has 17 heavy (non-hydrogen) atoms. The topological polar surface area (TPSA) is 52.6 Å². The molecule has 100 valence electrons. The van der Waals surface area contributed by atoms with E-state index in [-0.39, 0.29) is 0 Å². The maximum Gasteiger partial charge on any atom is 0.306 e. The summed E-state index contributed by atoms with van der Waals surface area (Å²) in [6, 6.07) is 0. The van der Waals surface area contributed by atoms with E-state index in [4.69, 9.17) is 8.85 Å². The smallest absolute Gasteiger partial charge is 0.306 e. The van der Waals surface area contributed by atoms with Gasteiger partial charge in [-0.1, -0.05) is 6.92 Å². The summed E-state index contributed by atoms with van der Waals surface area (Å²) in [5, 5.41) is 0. The zero-order chi connectivity index (χ0) is 13.9.